The van der Waals surface area contributed by atoms with E-state index in [4.69, 9.17) is 5.11 Å². The van der Waals surface area contributed by atoms with Crippen LogP contribution in [-0.2, 0) is 9.59 Å². The molecule has 0 fully saturated rings. The number of ketones is 1. The summed E-state index contributed by atoms with van der Waals surface area (Å²) in [5, 5.41) is 8.36. The third kappa shape index (κ3) is 6.95. The highest BCUT2D eigenvalue weighted by Gasteiger charge is 2.15. The third-order valence-corrected chi connectivity index (χ3v) is 3.31. The molecule has 1 unspecified atom stereocenters. The quantitative estimate of drug-likeness (QED) is 0.635. The monoisotopic (exact) mass is 218 g/mol. The average Bonchev–Trinajstić information content (AvgIpc) is 2.10. The Balaban J connectivity index is 3.78. The van der Waals surface area contributed by atoms with E-state index in [0.29, 0.717) is 0 Å². The van der Waals surface area contributed by atoms with Gasteiger partial charge in [-0.15, -0.1) is 11.8 Å². The van der Waals surface area contributed by atoms with E-state index in [9.17, 15) is 9.59 Å². The number of hydrogen-bond acceptors (Lipinski definition) is 3. The second-order valence-corrected chi connectivity index (χ2v) is 4.49. The first kappa shape index (κ1) is 13.5. The number of carbonyl (C=O) groups excluding carboxylic acids is 1. The van der Waals surface area contributed by atoms with E-state index in [-0.39, 0.29) is 16.8 Å². The molecule has 0 rings (SSSR count). The SMILES string of the molecule is CCCCCC(SCC(=O)O)C(C)=O. The number of carbonyl (C=O) groups is 2. The lowest BCUT2D eigenvalue weighted by Crippen LogP contribution is -2.16. The molecule has 3 nitrogen and oxygen atoms in total. The Labute approximate surface area is 89.3 Å². The van der Waals surface area contributed by atoms with Crippen LogP contribution in [0.4, 0.5) is 0 Å². The van der Waals surface area contributed by atoms with Crippen LogP contribution in [-0.4, -0.2) is 27.9 Å². The highest BCUT2D eigenvalue weighted by molar-refractivity contribution is 8.01. The predicted octanol–water partition coefficient (Wildman–Crippen LogP) is 2.34. The van der Waals surface area contributed by atoms with Crippen molar-refractivity contribution in [2.24, 2.45) is 0 Å². The van der Waals surface area contributed by atoms with E-state index < -0.39 is 5.97 Å². The molecule has 1 N–H and O–H groups in total. The summed E-state index contributed by atoms with van der Waals surface area (Å²) in [4.78, 5) is 21.5. The van der Waals surface area contributed by atoms with Crippen LogP contribution in [0.25, 0.3) is 0 Å². The number of carboxylic acids is 1. The molecule has 0 aromatic carbocycles. The molecule has 0 bridgehead atoms. The van der Waals surface area contributed by atoms with Crippen molar-refractivity contribution in [3.05, 3.63) is 0 Å². The van der Waals surface area contributed by atoms with Crippen LogP contribution in [0, 0.1) is 0 Å². The molecule has 0 saturated carbocycles. The fraction of sp³-hybridized carbons (Fsp3) is 0.800. The van der Waals surface area contributed by atoms with Gasteiger partial charge in [0.2, 0.25) is 0 Å². The number of rotatable bonds is 8. The Hall–Kier alpha value is -0.510. The first-order valence-corrected chi connectivity index (χ1v) is 5.96. The second-order valence-electron chi connectivity index (χ2n) is 3.30. The summed E-state index contributed by atoms with van der Waals surface area (Å²) in [5.74, 6) is -0.736. The Kier molecular flexibility index (Phi) is 7.57. The fourth-order valence-corrected chi connectivity index (χ4v) is 2.07. The third-order valence-electron chi connectivity index (χ3n) is 1.93. The number of thioether (sulfide) groups is 1. The highest BCUT2D eigenvalue weighted by Crippen LogP contribution is 2.18. The summed E-state index contributed by atoms with van der Waals surface area (Å²) in [7, 11) is 0. The Morgan fingerprint density at radius 2 is 2.00 bits per heavy atom. The van der Waals surface area contributed by atoms with Crippen molar-refractivity contribution >= 4 is 23.5 Å². The molecule has 0 aromatic heterocycles. The Morgan fingerprint density at radius 1 is 1.36 bits per heavy atom. The summed E-state index contributed by atoms with van der Waals surface area (Å²) in [6.07, 6.45) is 4.04. The standard InChI is InChI=1S/C10H18O3S/c1-3-4-5-6-9(8(2)11)14-7-10(12)13/h9H,3-7H2,1-2H3,(H,12,13). The van der Waals surface area contributed by atoms with Gasteiger partial charge in [-0.2, -0.15) is 0 Å². The van der Waals surface area contributed by atoms with Gasteiger partial charge in [-0.05, 0) is 13.3 Å². The molecule has 14 heavy (non-hydrogen) atoms. The molecule has 82 valence electrons. The molecule has 0 spiro atoms. The maximum atomic E-state index is 11.1. The van der Waals surface area contributed by atoms with Crippen LogP contribution >= 0.6 is 11.8 Å². The van der Waals surface area contributed by atoms with E-state index in [1.165, 1.54) is 18.7 Å². The fourth-order valence-electron chi connectivity index (χ4n) is 1.16. The smallest absolute Gasteiger partial charge is 0.313 e. The van der Waals surface area contributed by atoms with Crippen LogP contribution in [0.15, 0.2) is 0 Å². The summed E-state index contributed by atoms with van der Waals surface area (Å²) in [6, 6.07) is 0. The molecule has 0 aliphatic carbocycles. The van der Waals surface area contributed by atoms with Crippen LogP contribution in [0.1, 0.15) is 39.5 Å². The maximum Gasteiger partial charge on any atom is 0.313 e. The normalized spacial score (nSPS) is 12.4. The van der Waals surface area contributed by atoms with Gasteiger partial charge < -0.3 is 5.11 Å². The van der Waals surface area contributed by atoms with Crippen molar-refractivity contribution in [1.29, 1.82) is 0 Å². The minimum absolute atomic E-state index is 0.0242. The Bertz CT molecular complexity index is 192. The van der Waals surface area contributed by atoms with Gasteiger partial charge in [-0.3, -0.25) is 9.59 Å². The first-order valence-electron chi connectivity index (χ1n) is 4.91. The highest BCUT2D eigenvalue weighted by atomic mass is 32.2. The van der Waals surface area contributed by atoms with Crippen molar-refractivity contribution in [3.8, 4) is 0 Å². The number of unbranched alkanes of at least 4 members (excludes halogenated alkanes) is 2. The number of Topliss-reactive ketones (excluding diaryl/α,β-unsaturated/α-hetero) is 1. The minimum atomic E-state index is -0.850. The summed E-state index contributed by atoms with van der Waals surface area (Å²) >= 11 is 1.24. The second kappa shape index (κ2) is 7.85. The molecule has 4 heteroatoms. The summed E-state index contributed by atoms with van der Waals surface area (Å²) in [6.45, 7) is 3.64. The lowest BCUT2D eigenvalue weighted by molar-refractivity contribution is -0.133. The van der Waals surface area contributed by atoms with E-state index in [0.717, 1.165) is 25.7 Å². The van der Waals surface area contributed by atoms with Crippen LogP contribution in [0.5, 0.6) is 0 Å². The van der Waals surface area contributed by atoms with Gasteiger partial charge in [0, 0.05) is 0 Å². The van der Waals surface area contributed by atoms with E-state index in [1.54, 1.807) is 0 Å². The average molecular weight is 218 g/mol. The van der Waals surface area contributed by atoms with Crippen molar-refractivity contribution in [1.82, 2.24) is 0 Å². The van der Waals surface area contributed by atoms with Crippen molar-refractivity contribution in [2.45, 2.75) is 44.8 Å². The molecule has 0 amide bonds. The van der Waals surface area contributed by atoms with E-state index in [1.807, 2.05) is 0 Å². The molecule has 0 radical (unpaired) electrons. The van der Waals surface area contributed by atoms with Gasteiger partial charge in [-0.25, -0.2) is 0 Å². The maximum absolute atomic E-state index is 11.1. The zero-order valence-electron chi connectivity index (χ0n) is 8.78. The largest absolute Gasteiger partial charge is 0.481 e. The van der Waals surface area contributed by atoms with Crippen LogP contribution < -0.4 is 0 Å². The molecule has 0 saturated heterocycles. The summed E-state index contributed by atoms with van der Waals surface area (Å²) < 4.78 is 0. The van der Waals surface area contributed by atoms with Crippen molar-refractivity contribution < 1.29 is 14.7 Å². The van der Waals surface area contributed by atoms with Gasteiger partial charge >= 0.3 is 5.97 Å². The zero-order valence-corrected chi connectivity index (χ0v) is 9.60. The molecule has 0 heterocycles. The minimum Gasteiger partial charge on any atom is -0.481 e. The van der Waals surface area contributed by atoms with Gasteiger partial charge in [0.15, 0.2) is 0 Å². The van der Waals surface area contributed by atoms with Crippen LogP contribution in [0.2, 0.25) is 0 Å². The van der Waals surface area contributed by atoms with Crippen molar-refractivity contribution in [3.63, 3.8) is 0 Å². The predicted molar refractivity (Wildman–Crippen MR) is 58.7 cm³/mol. The number of aliphatic carboxylic acids is 1. The Morgan fingerprint density at radius 3 is 2.43 bits per heavy atom. The van der Waals surface area contributed by atoms with Gasteiger partial charge in [0.25, 0.3) is 0 Å². The lowest BCUT2D eigenvalue weighted by Gasteiger charge is -2.11. The molecule has 0 aliphatic heterocycles. The molecule has 0 aromatic rings. The lowest BCUT2D eigenvalue weighted by atomic mass is 10.1. The molecule has 0 aliphatic rings. The van der Waals surface area contributed by atoms with E-state index in [2.05, 4.69) is 6.92 Å². The topological polar surface area (TPSA) is 54.4 Å². The van der Waals surface area contributed by atoms with Gasteiger partial charge in [0.05, 0.1) is 11.0 Å². The molecular weight excluding hydrogens is 200 g/mol. The van der Waals surface area contributed by atoms with E-state index >= 15 is 0 Å². The summed E-state index contributed by atoms with van der Waals surface area (Å²) in [5.41, 5.74) is 0. The van der Waals surface area contributed by atoms with Gasteiger partial charge in [0.1, 0.15) is 5.78 Å². The van der Waals surface area contributed by atoms with Gasteiger partial charge in [-0.1, -0.05) is 26.2 Å². The number of hydrogen-bond donors (Lipinski definition) is 1. The molecular formula is C10H18O3S. The van der Waals surface area contributed by atoms with Crippen LogP contribution in [0.3, 0.4) is 0 Å². The van der Waals surface area contributed by atoms with Crippen molar-refractivity contribution in [2.75, 3.05) is 5.75 Å². The first-order chi connectivity index (χ1) is 6.57. The molecule has 1 atom stereocenters. The number of carboxylic acid groups (broad SMARTS) is 1. The zero-order chi connectivity index (χ0) is 11.0.